The third-order valence-corrected chi connectivity index (χ3v) is 3.73. The molecule has 1 atom stereocenters. The molecule has 0 bridgehead atoms. The van der Waals surface area contributed by atoms with Gasteiger partial charge in [-0.1, -0.05) is 13.8 Å². The second-order valence-corrected chi connectivity index (χ2v) is 6.09. The Morgan fingerprint density at radius 1 is 1.35 bits per heavy atom. The van der Waals surface area contributed by atoms with Crippen molar-refractivity contribution in [3.05, 3.63) is 39.7 Å². The first-order valence-corrected chi connectivity index (χ1v) is 7.51. The van der Waals surface area contributed by atoms with Crippen molar-refractivity contribution in [2.24, 2.45) is 5.92 Å². The van der Waals surface area contributed by atoms with Gasteiger partial charge in [-0.15, -0.1) is 0 Å². The van der Waals surface area contributed by atoms with Crippen molar-refractivity contribution < 1.29 is 19.4 Å². The van der Waals surface area contributed by atoms with Crippen LogP contribution in [0, 0.1) is 12.8 Å². The highest BCUT2D eigenvalue weighted by Crippen LogP contribution is 2.28. The van der Waals surface area contributed by atoms with E-state index in [0.717, 1.165) is 10.9 Å². The Kier molecular flexibility index (Phi) is 5.05. The van der Waals surface area contributed by atoms with Crippen LogP contribution in [-0.4, -0.2) is 22.2 Å². The number of benzene rings is 1. The predicted octanol–water partition coefficient (Wildman–Crippen LogP) is 2.40. The quantitative estimate of drug-likeness (QED) is 0.707. The first-order chi connectivity index (χ1) is 10.8. The number of nitrogens with one attached hydrogen (secondary N) is 1. The third-order valence-electron chi connectivity index (χ3n) is 3.73. The van der Waals surface area contributed by atoms with E-state index in [-0.39, 0.29) is 23.8 Å². The number of carbonyl (C=O) groups is 1. The summed E-state index contributed by atoms with van der Waals surface area (Å²) >= 11 is 0. The molecule has 6 nitrogen and oxygen atoms in total. The Morgan fingerprint density at radius 2 is 2.04 bits per heavy atom. The number of hydrogen-bond donors (Lipinski definition) is 3. The second-order valence-electron chi connectivity index (χ2n) is 6.09. The molecule has 124 valence electrons. The highest BCUT2D eigenvalue weighted by Gasteiger charge is 2.20. The van der Waals surface area contributed by atoms with Crippen molar-refractivity contribution in [1.82, 2.24) is 5.32 Å². The lowest BCUT2D eigenvalue weighted by molar-refractivity contribution is -0.140. The summed E-state index contributed by atoms with van der Waals surface area (Å²) in [5.41, 5.74) is 0.919. The maximum atomic E-state index is 11.6. The summed E-state index contributed by atoms with van der Waals surface area (Å²) < 4.78 is 5.23. The van der Waals surface area contributed by atoms with E-state index in [1.807, 2.05) is 13.8 Å². The lowest BCUT2D eigenvalue weighted by Crippen LogP contribution is -2.37. The average molecular weight is 319 g/mol. The maximum absolute atomic E-state index is 11.6. The van der Waals surface area contributed by atoms with Gasteiger partial charge >= 0.3 is 11.6 Å². The Balaban J connectivity index is 2.37. The fourth-order valence-electron chi connectivity index (χ4n) is 2.57. The molecule has 0 amide bonds. The molecular weight excluding hydrogens is 298 g/mol. The van der Waals surface area contributed by atoms with Gasteiger partial charge in [0.15, 0.2) is 0 Å². The molecular formula is C17H21NO5. The van der Waals surface area contributed by atoms with Crippen molar-refractivity contribution in [3.63, 3.8) is 0 Å². The molecule has 0 aliphatic carbocycles. The van der Waals surface area contributed by atoms with Gasteiger partial charge in [0.25, 0.3) is 0 Å². The summed E-state index contributed by atoms with van der Waals surface area (Å²) in [6.45, 7) is 5.76. The zero-order valence-electron chi connectivity index (χ0n) is 13.4. The molecule has 3 N–H and O–H groups in total. The van der Waals surface area contributed by atoms with E-state index in [0.29, 0.717) is 12.0 Å². The van der Waals surface area contributed by atoms with Gasteiger partial charge in [0.05, 0.1) is 5.56 Å². The summed E-state index contributed by atoms with van der Waals surface area (Å²) in [4.78, 5) is 22.9. The number of fused-ring (bicyclic) bond motifs is 1. The number of rotatable bonds is 6. The standard InChI is InChI=1S/C17H21NO5/c1-9(2)6-13(17(21)22)18-8-12-14(19)5-4-11-10(3)7-15(20)23-16(11)12/h4-5,7,9,13,18-19H,6,8H2,1-3H3,(H,21,22)/t13-/m0/s1. The summed E-state index contributed by atoms with van der Waals surface area (Å²) in [5, 5.41) is 23.0. The van der Waals surface area contributed by atoms with Crippen molar-refractivity contribution in [1.29, 1.82) is 0 Å². The molecule has 0 aliphatic rings. The average Bonchev–Trinajstić information content (AvgIpc) is 2.43. The largest absolute Gasteiger partial charge is 0.507 e. The smallest absolute Gasteiger partial charge is 0.336 e. The van der Waals surface area contributed by atoms with Crippen molar-refractivity contribution in [3.8, 4) is 5.75 Å². The minimum atomic E-state index is -0.948. The molecule has 0 unspecified atom stereocenters. The van der Waals surface area contributed by atoms with Crippen molar-refractivity contribution >= 4 is 16.9 Å². The number of carboxylic acid groups (broad SMARTS) is 1. The third kappa shape index (κ3) is 3.90. The van der Waals surface area contributed by atoms with Crippen LogP contribution in [0.3, 0.4) is 0 Å². The van der Waals surface area contributed by atoms with Gasteiger partial charge in [0.2, 0.25) is 0 Å². The molecule has 6 heteroatoms. The molecule has 2 rings (SSSR count). The number of aryl methyl sites for hydroxylation is 1. The Bertz CT molecular complexity index is 778. The lowest BCUT2D eigenvalue weighted by atomic mass is 10.0. The van der Waals surface area contributed by atoms with E-state index in [4.69, 9.17) is 4.42 Å². The van der Waals surface area contributed by atoms with E-state index in [9.17, 15) is 19.8 Å². The van der Waals surface area contributed by atoms with Crippen LogP contribution in [0.2, 0.25) is 0 Å². The first-order valence-electron chi connectivity index (χ1n) is 7.51. The molecule has 1 aromatic carbocycles. The molecule has 2 aromatic rings. The molecule has 0 saturated heterocycles. The Hall–Kier alpha value is -2.34. The molecule has 1 aromatic heterocycles. The van der Waals surface area contributed by atoms with Gasteiger partial charge in [-0.3, -0.25) is 4.79 Å². The van der Waals surface area contributed by atoms with Gasteiger partial charge in [0.1, 0.15) is 17.4 Å². The van der Waals surface area contributed by atoms with E-state index >= 15 is 0 Å². The van der Waals surface area contributed by atoms with Crippen LogP contribution < -0.4 is 10.9 Å². The number of hydrogen-bond acceptors (Lipinski definition) is 5. The second kappa shape index (κ2) is 6.83. The van der Waals surface area contributed by atoms with Crippen LogP contribution in [-0.2, 0) is 11.3 Å². The van der Waals surface area contributed by atoms with Crippen LogP contribution >= 0.6 is 0 Å². The van der Waals surface area contributed by atoms with Crippen molar-refractivity contribution in [2.75, 3.05) is 0 Å². The zero-order chi connectivity index (χ0) is 17.1. The van der Waals surface area contributed by atoms with E-state index in [2.05, 4.69) is 5.32 Å². The van der Waals surface area contributed by atoms with Gasteiger partial charge in [-0.05, 0) is 37.0 Å². The van der Waals surface area contributed by atoms with Crippen LogP contribution in [0.4, 0.5) is 0 Å². The van der Waals surface area contributed by atoms with E-state index in [1.165, 1.54) is 12.1 Å². The molecule has 0 saturated carbocycles. The molecule has 0 aliphatic heterocycles. The zero-order valence-corrected chi connectivity index (χ0v) is 13.4. The highest BCUT2D eigenvalue weighted by molar-refractivity contribution is 5.85. The summed E-state index contributed by atoms with van der Waals surface area (Å²) in [7, 11) is 0. The summed E-state index contributed by atoms with van der Waals surface area (Å²) in [5.74, 6) is -0.770. The van der Waals surface area contributed by atoms with E-state index in [1.54, 1.807) is 13.0 Å². The van der Waals surface area contributed by atoms with Crippen LogP contribution in [0.1, 0.15) is 31.4 Å². The minimum absolute atomic E-state index is 0.0348. The monoisotopic (exact) mass is 319 g/mol. The number of aromatic hydroxyl groups is 1. The fraction of sp³-hybridized carbons (Fsp3) is 0.412. The number of carboxylic acids is 1. The Morgan fingerprint density at radius 3 is 2.65 bits per heavy atom. The van der Waals surface area contributed by atoms with E-state index < -0.39 is 17.6 Å². The highest BCUT2D eigenvalue weighted by atomic mass is 16.4. The maximum Gasteiger partial charge on any atom is 0.336 e. The number of phenolic OH excluding ortho intramolecular Hbond substituents is 1. The normalized spacial score (nSPS) is 12.7. The summed E-state index contributed by atoms with van der Waals surface area (Å²) in [6, 6.07) is 3.84. The molecule has 0 spiro atoms. The topological polar surface area (TPSA) is 99.8 Å². The van der Waals surface area contributed by atoms with Gasteiger partial charge in [-0.25, -0.2) is 4.79 Å². The van der Waals surface area contributed by atoms with Gasteiger partial charge in [-0.2, -0.15) is 0 Å². The number of aliphatic carboxylic acids is 1. The van der Waals surface area contributed by atoms with Gasteiger partial charge < -0.3 is 19.9 Å². The molecule has 0 fully saturated rings. The van der Waals surface area contributed by atoms with Crippen LogP contribution in [0.15, 0.2) is 27.4 Å². The fourth-order valence-corrected chi connectivity index (χ4v) is 2.57. The first kappa shape index (κ1) is 17.0. The number of phenols is 1. The SMILES string of the molecule is Cc1cc(=O)oc2c(CN[C@@H](CC(C)C)C(=O)O)c(O)ccc12. The lowest BCUT2D eigenvalue weighted by Gasteiger charge is -2.17. The van der Waals surface area contributed by atoms with Crippen LogP contribution in [0.5, 0.6) is 5.75 Å². The van der Waals surface area contributed by atoms with Crippen LogP contribution in [0.25, 0.3) is 11.0 Å². The van der Waals surface area contributed by atoms with Gasteiger partial charge in [0, 0.05) is 18.0 Å². The van der Waals surface area contributed by atoms with Crippen molar-refractivity contribution in [2.45, 2.75) is 39.8 Å². The molecule has 1 heterocycles. The summed E-state index contributed by atoms with van der Waals surface area (Å²) in [6.07, 6.45) is 0.462. The molecule has 0 radical (unpaired) electrons. The predicted molar refractivity (Wildman–Crippen MR) is 86.6 cm³/mol. The Labute approximate surface area is 133 Å². The minimum Gasteiger partial charge on any atom is -0.507 e. The molecule has 23 heavy (non-hydrogen) atoms.